The van der Waals surface area contributed by atoms with Gasteiger partial charge in [-0.05, 0) is 31.2 Å². The van der Waals surface area contributed by atoms with E-state index in [1.165, 1.54) is 0 Å². The van der Waals surface area contributed by atoms with E-state index < -0.39 is 0 Å². The van der Waals surface area contributed by atoms with E-state index in [0.717, 1.165) is 41.2 Å². The van der Waals surface area contributed by atoms with Crippen LogP contribution in [0.3, 0.4) is 0 Å². The predicted molar refractivity (Wildman–Crippen MR) is 73.5 cm³/mol. The average molecular weight is 257 g/mol. The Morgan fingerprint density at radius 2 is 2.21 bits per heavy atom. The van der Waals surface area contributed by atoms with Crippen LogP contribution < -0.4 is 5.73 Å². The van der Waals surface area contributed by atoms with Gasteiger partial charge < -0.3 is 10.2 Å². The number of furan rings is 1. The first kappa shape index (κ1) is 12.4. The summed E-state index contributed by atoms with van der Waals surface area (Å²) in [6.07, 6.45) is 5.48. The quantitative estimate of drug-likeness (QED) is 0.852. The van der Waals surface area contributed by atoms with E-state index in [4.69, 9.17) is 15.1 Å². The van der Waals surface area contributed by atoms with Gasteiger partial charge in [-0.2, -0.15) is 0 Å². The first-order valence-electron chi connectivity index (χ1n) is 6.62. The molecule has 0 fully saturated rings. The van der Waals surface area contributed by atoms with Crippen LogP contribution in [-0.4, -0.2) is 9.97 Å². The molecular weight excluding hydrogens is 238 g/mol. The third kappa shape index (κ3) is 2.16. The topological polar surface area (TPSA) is 64.9 Å². The number of hydrogen-bond donors (Lipinski definition) is 1. The van der Waals surface area contributed by atoms with Crippen molar-refractivity contribution in [1.29, 1.82) is 0 Å². The fourth-order valence-electron chi connectivity index (χ4n) is 2.86. The van der Waals surface area contributed by atoms with Gasteiger partial charge in [-0.1, -0.05) is 13.8 Å². The SMILES string of the molecule is Cc1occc1-c1ncc2c(n1)CC(C)(C)CC2N. The number of rotatable bonds is 1. The molecule has 0 bridgehead atoms. The van der Waals surface area contributed by atoms with Crippen LogP contribution in [0.15, 0.2) is 22.9 Å². The zero-order chi connectivity index (χ0) is 13.6. The van der Waals surface area contributed by atoms with Crippen molar-refractivity contribution < 1.29 is 4.42 Å². The monoisotopic (exact) mass is 257 g/mol. The van der Waals surface area contributed by atoms with Gasteiger partial charge in [0.15, 0.2) is 5.82 Å². The molecule has 1 aliphatic rings. The molecule has 2 N–H and O–H groups in total. The Hall–Kier alpha value is -1.68. The van der Waals surface area contributed by atoms with Gasteiger partial charge in [0.05, 0.1) is 11.8 Å². The molecule has 0 spiro atoms. The lowest BCUT2D eigenvalue weighted by molar-refractivity contribution is 0.278. The minimum absolute atomic E-state index is 0.0400. The molecule has 0 saturated carbocycles. The van der Waals surface area contributed by atoms with Crippen molar-refractivity contribution in [2.45, 2.75) is 39.7 Å². The van der Waals surface area contributed by atoms with Gasteiger partial charge >= 0.3 is 0 Å². The van der Waals surface area contributed by atoms with E-state index in [-0.39, 0.29) is 11.5 Å². The molecule has 1 aliphatic carbocycles. The highest BCUT2D eigenvalue weighted by Gasteiger charge is 2.31. The Morgan fingerprint density at radius 3 is 2.89 bits per heavy atom. The summed E-state index contributed by atoms with van der Waals surface area (Å²) in [6, 6.07) is 1.95. The van der Waals surface area contributed by atoms with Gasteiger partial charge in [0.25, 0.3) is 0 Å². The molecule has 2 aromatic rings. The number of aromatic nitrogens is 2. The Morgan fingerprint density at radius 1 is 1.42 bits per heavy atom. The van der Waals surface area contributed by atoms with E-state index in [2.05, 4.69) is 18.8 Å². The molecule has 0 saturated heterocycles. The van der Waals surface area contributed by atoms with Gasteiger partial charge in [0.1, 0.15) is 5.76 Å². The van der Waals surface area contributed by atoms with E-state index >= 15 is 0 Å². The molecule has 0 amide bonds. The van der Waals surface area contributed by atoms with Gasteiger partial charge in [-0.15, -0.1) is 0 Å². The van der Waals surface area contributed by atoms with Crippen LogP contribution >= 0.6 is 0 Å². The lowest BCUT2D eigenvalue weighted by Crippen LogP contribution is -2.30. The van der Waals surface area contributed by atoms with Crippen molar-refractivity contribution in [3.8, 4) is 11.4 Å². The number of hydrogen-bond acceptors (Lipinski definition) is 4. The molecule has 3 rings (SSSR count). The van der Waals surface area contributed by atoms with Gasteiger partial charge in [-0.25, -0.2) is 9.97 Å². The maximum atomic E-state index is 6.22. The van der Waals surface area contributed by atoms with Crippen LogP contribution in [0.4, 0.5) is 0 Å². The first-order chi connectivity index (χ1) is 8.96. The van der Waals surface area contributed by atoms with E-state index in [1.54, 1.807) is 6.26 Å². The van der Waals surface area contributed by atoms with E-state index in [0.29, 0.717) is 0 Å². The van der Waals surface area contributed by atoms with Gasteiger partial charge in [0.2, 0.25) is 0 Å². The summed E-state index contributed by atoms with van der Waals surface area (Å²) < 4.78 is 5.32. The number of nitrogens with two attached hydrogens (primary N) is 1. The van der Waals surface area contributed by atoms with Crippen molar-refractivity contribution in [1.82, 2.24) is 9.97 Å². The lowest BCUT2D eigenvalue weighted by Gasteiger charge is -2.34. The average Bonchev–Trinajstić information content (AvgIpc) is 2.73. The summed E-state index contributed by atoms with van der Waals surface area (Å²) in [7, 11) is 0. The highest BCUT2D eigenvalue weighted by atomic mass is 16.3. The number of aryl methyl sites for hydroxylation is 1. The molecule has 2 aromatic heterocycles. The summed E-state index contributed by atoms with van der Waals surface area (Å²) in [5.41, 5.74) is 9.54. The maximum Gasteiger partial charge on any atom is 0.162 e. The Labute approximate surface area is 113 Å². The number of nitrogens with zero attached hydrogens (tertiary/aromatic N) is 2. The van der Waals surface area contributed by atoms with Crippen molar-refractivity contribution in [2.24, 2.45) is 11.1 Å². The molecule has 1 atom stereocenters. The summed E-state index contributed by atoms with van der Waals surface area (Å²) in [5, 5.41) is 0. The highest BCUT2D eigenvalue weighted by molar-refractivity contribution is 5.57. The Bertz CT molecular complexity index is 616. The van der Waals surface area contributed by atoms with Crippen LogP contribution in [0.5, 0.6) is 0 Å². The fraction of sp³-hybridized carbons (Fsp3) is 0.467. The van der Waals surface area contributed by atoms with Crippen LogP contribution in [0.2, 0.25) is 0 Å². The lowest BCUT2D eigenvalue weighted by atomic mass is 9.74. The molecular formula is C15H19N3O. The molecule has 19 heavy (non-hydrogen) atoms. The van der Waals surface area contributed by atoms with Crippen LogP contribution in [-0.2, 0) is 6.42 Å². The minimum Gasteiger partial charge on any atom is -0.469 e. The zero-order valence-corrected chi connectivity index (χ0v) is 11.6. The smallest absolute Gasteiger partial charge is 0.162 e. The second-order valence-electron chi connectivity index (χ2n) is 6.14. The summed E-state index contributed by atoms with van der Waals surface area (Å²) in [5.74, 6) is 1.58. The standard InChI is InChI=1S/C15H19N3O/c1-9-10(4-5-19-9)14-17-8-11-12(16)6-15(2,3)7-13(11)18-14/h4-5,8,12H,6-7,16H2,1-3H3. The van der Waals surface area contributed by atoms with Crippen molar-refractivity contribution in [3.05, 3.63) is 35.5 Å². The van der Waals surface area contributed by atoms with Crippen molar-refractivity contribution >= 4 is 0 Å². The van der Waals surface area contributed by atoms with Crippen molar-refractivity contribution in [3.63, 3.8) is 0 Å². The van der Waals surface area contributed by atoms with E-state index in [1.807, 2.05) is 19.2 Å². The minimum atomic E-state index is 0.0400. The normalized spacial score (nSPS) is 21.2. The summed E-state index contributed by atoms with van der Waals surface area (Å²) >= 11 is 0. The largest absolute Gasteiger partial charge is 0.469 e. The van der Waals surface area contributed by atoms with Crippen molar-refractivity contribution in [2.75, 3.05) is 0 Å². The van der Waals surface area contributed by atoms with Gasteiger partial charge in [0, 0.05) is 23.5 Å². The Balaban J connectivity index is 2.07. The summed E-state index contributed by atoms with van der Waals surface area (Å²) in [4.78, 5) is 9.15. The number of fused-ring (bicyclic) bond motifs is 1. The molecule has 0 aliphatic heterocycles. The van der Waals surface area contributed by atoms with E-state index in [9.17, 15) is 0 Å². The molecule has 0 aromatic carbocycles. The third-order valence-electron chi connectivity index (χ3n) is 3.82. The molecule has 0 radical (unpaired) electrons. The third-order valence-corrected chi connectivity index (χ3v) is 3.82. The van der Waals surface area contributed by atoms with Crippen LogP contribution in [0, 0.1) is 12.3 Å². The summed E-state index contributed by atoms with van der Waals surface area (Å²) in [6.45, 7) is 6.40. The van der Waals surface area contributed by atoms with Gasteiger partial charge in [-0.3, -0.25) is 0 Å². The molecule has 4 heteroatoms. The molecule has 2 heterocycles. The molecule has 1 unspecified atom stereocenters. The van der Waals surface area contributed by atoms with Crippen LogP contribution in [0.25, 0.3) is 11.4 Å². The second-order valence-corrected chi connectivity index (χ2v) is 6.14. The fourth-order valence-corrected chi connectivity index (χ4v) is 2.86. The first-order valence-corrected chi connectivity index (χ1v) is 6.62. The molecule has 4 nitrogen and oxygen atoms in total. The zero-order valence-electron chi connectivity index (χ0n) is 11.6. The predicted octanol–water partition coefficient (Wildman–Crippen LogP) is 3.02. The van der Waals surface area contributed by atoms with Crippen LogP contribution in [0.1, 0.15) is 43.3 Å². The second kappa shape index (κ2) is 4.17. The Kier molecular flexibility index (Phi) is 2.71. The maximum absolute atomic E-state index is 6.22. The highest BCUT2D eigenvalue weighted by Crippen LogP contribution is 2.39. The molecule has 100 valence electrons.